The van der Waals surface area contributed by atoms with Crippen LogP contribution in [0.3, 0.4) is 0 Å². The highest BCUT2D eigenvalue weighted by molar-refractivity contribution is 7.12. The van der Waals surface area contributed by atoms with Crippen molar-refractivity contribution in [2.24, 2.45) is 0 Å². The Morgan fingerprint density at radius 2 is 1.84 bits per heavy atom. The van der Waals surface area contributed by atoms with Crippen molar-refractivity contribution in [1.29, 1.82) is 0 Å². The monoisotopic (exact) mass is 446 g/mol. The van der Waals surface area contributed by atoms with Crippen LogP contribution < -0.4 is 10.1 Å². The van der Waals surface area contributed by atoms with E-state index in [0.29, 0.717) is 23.7 Å². The number of anilines is 1. The minimum absolute atomic E-state index is 0.132. The lowest BCUT2D eigenvalue weighted by Crippen LogP contribution is -2.15. The fourth-order valence-corrected chi connectivity index (χ4v) is 4.43. The lowest BCUT2D eigenvalue weighted by atomic mass is 10.0. The van der Waals surface area contributed by atoms with E-state index in [1.54, 1.807) is 0 Å². The largest absolute Gasteiger partial charge is 0.492 e. The number of hydrogen-bond donors (Lipinski definition) is 1. The molecule has 0 fully saturated rings. The van der Waals surface area contributed by atoms with Crippen LogP contribution in [0, 0.1) is 13.8 Å². The van der Waals surface area contributed by atoms with Gasteiger partial charge in [-0.1, -0.05) is 42.5 Å². The summed E-state index contributed by atoms with van der Waals surface area (Å²) in [6, 6.07) is 17.8. The van der Waals surface area contributed by atoms with Crippen molar-refractivity contribution in [2.45, 2.75) is 33.6 Å². The number of para-hydroxylation sites is 2. The molecule has 0 aliphatic carbocycles. The number of benzene rings is 2. The number of rotatable bonds is 8. The zero-order chi connectivity index (χ0) is 22.5. The number of hydrogen-bond acceptors (Lipinski definition) is 5. The van der Waals surface area contributed by atoms with Gasteiger partial charge in [-0.25, -0.2) is 9.67 Å². The van der Waals surface area contributed by atoms with Crippen LogP contribution in [-0.4, -0.2) is 27.3 Å². The molecule has 0 aliphatic rings. The van der Waals surface area contributed by atoms with Crippen LogP contribution in [0.1, 0.15) is 35.1 Å². The number of thiazole rings is 1. The Balaban J connectivity index is 1.47. The molecule has 4 rings (SSSR count). The van der Waals surface area contributed by atoms with Crippen molar-refractivity contribution >= 4 is 22.9 Å². The molecule has 1 amide bonds. The molecule has 2 aromatic carbocycles. The maximum Gasteiger partial charge on any atom is 0.230 e. The zero-order valence-electron chi connectivity index (χ0n) is 18.5. The Morgan fingerprint density at radius 1 is 1.09 bits per heavy atom. The van der Waals surface area contributed by atoms with Gasteiger partial charge in [-0.3, -0.25) is 4.79 Å². The van der Waals surface area contributed by atoms with Crippen molar-refractivity contribution in [3.8, 4) is 10.9 Å². The van der Waals surface area contributed by atoms with Crippen LogP contribution in [0.15, 0.2) is 60.0 Å². The normalized spacial score (nSPS) is 10.8. The summed E-state index contributed by atoms with van der Waals surface area (Å²) < 4.78 is 7.46. The van der Waals surface area contributed by atoms with Crippen molar-refractivity contribution in [2.75, 3.05) is 11.9 Å². The lowest BCUT2D eigenvalue weighted by Gasteiger charge is -2.10. The van der Waals surface area contributed by atoms with E-state index in [1.807, 2.05) is 54.2 Å². The minimum Gasteiger partial charge on any atom is -0.492 e. The molecule has 6 nitrogen and oxygen atoms in total. The molecular weight excluding hydrogens is 420 g/mol. The van der Waals surface area contributed by atoms with Gasteiger partial charge in [0.1, 0.15) is 5.75 Å². The van der Waals surface area contributed by atoms with Gasteiger partial charge in [-0.15, -0.1) is 11.3 Å². The van der Waals surface area contributed by atoms with E-state index >= 15 is 0 Å². The first-order valence-electron chi connectivity index (χ1n) is 10.6. The summed E-state index contributed by atoms with van der Waals surface area (Å²) in [6.07, 6.45) is 1.02. The molecule has 4 aromatic rings. The number of amides is 1. The first-order valence-corrected chi connectivity index (χ1v) is 11.5. The van der Waals surface area contributed by atoms with E-state index < -0.39 is 0 Å². The number of ether oxygens (including phenoxy) is 1. The molecule has 0 unspecified atom stereocenters. The van der Waals surface area contributed by atoms with Crippen LogP contribution in [0.25, 0.3) is 5.13 Å². The fourth-order valence-electron chi connectivity index (χ4n) is 3.60. The Labute approximate surface area is 191 Å². The molecule has 2 heterocycles. The first kappa shape index (κ1) is 21.8. The number of carbonyl (C=O) groups excluding carboxylic acids is 1. The van der Waals surface area contributed by atoms with Crippen molar-refractivity contribution in [3.63, 3.8) is 0 Å². The standard InChI is InChI=1S/C25H26N4O2S/c1-4-31-23-13-9-8-12-22(23)27-24(30)15-20-16-32-25(26-20)29-18(3)21(17(2)28-29)14-19-10-6-5-7-11-19/h5-13,16H,4,14-15H2,1-3H3,(H,27,30). The molecule has 0 bridgehead atoms. The third-order valence-electron chi connectivity index (χ3n) is 5.19. The predicted octanol–water partition coefficient (Wildman–Crippen LogP) is 5.12. The quantitative estimate of drug-likeness (QED) is 0.408. The number of carbonyl (C=O) groups is 1. The Kier molecular flexibility index (Phi) is 6.66. The number of aromatic nitrogens is 3. The van der Waals surface area contributed by atoms with E-state index in [9.17, 15) is 4.79 Å². The molecule has 0 saturated carbocycles. The second-order valence-corrected chi connectivity index (χ2v) is 8.34. The molecule has 7 heteroatoms. The summed E-state index contributed by atoms with van der Waals surface area (Å²) in [5, 5.41) is 10.3. The molecule has 32 heavy (non-hydrogen) atoms. The van der Waals surface area contributed by atoms with Gasteiger partial charge in [-0.05, 0) is 38.5 Å². The van der Waals surface area contributed by atoms with Crippen LogP contribution in [0.4, 0.5) is 5.69 Å². The van der Waals surface area contributed by atoms with Crippen molar-refractivity contribution in [1.82, 2.24) is 14.8 Å². The predicted molar refractivity (Wildman–Crippen MR) is 128 cm³/mol. The summed E-state index contributed by atoms with van der Waals surface area (Å²) in [4.78, 5) is 17.3. The molecular formula is C25H26N4O2S. The van der Waals surface area contributed by atoms with Gasteiger partial charge in [0.25, 0.3) is 0 Å². The molecule has 1 N–H and O–H groups in total. The van der Waals surface area contributed by atoms with E-state index in [1.165, 1.54) is 22.5 Å². The third kappa shape index (κ3) is 4.89. The Hall–Kier alpha value is -3.45. The minimum atomic E-state index is -0.132. The maximum atomic E-state index is 12.6. The smallest absolute Gasteiger partial charge is 0.230 e. The number of nitrogens with one attached hydrogen (secondary N) is 1. The van der Waals surface area contributed by atoms with E-state index in [4.69, 9.17) is 9.84 Å². The Bertz CT molecular complexity index is 1210. The molecule has 0 spiro atoms. The van der Waals surface area contributed by atoms with Gasteiger partial charge < -0.3 is 10.1 Å². The average Bonchev–Trinajstić information content (AvgIpc) is 3.35. The van der Waals surface area contributed by atoms with Crippen LogP contribution >= 0.6 is 11.3 Å². The average molecular weight is 447 g/mol. The summed E-state index contributed by atoms with van der Waals surface area (Å²) >= 11 is 1.49. The summed E-state index contributed by atoms with van der Waals surface area (Å²) in [7, 11) is 0. The van der Waals surface area contributed by atoms with Gasteiger partial charge in [0.05, 0.1) is 30.1 Å². The van der Waals surface area contributed by atoms with Crippen LogP contribution in [0.2, 0.25) is 0 Å². The second-order valence-electron chi connectivity index (χ2n) is 7.50. The van der Waals surface area contributed by atoms with Crippen molar-refractivity contribution in [3.05, 3.63) is 88.2 Å². The molecule has 0 atom stereocenters. The van der Waals surface area contributed by atoms with Crippen LogP contribution in [-0.2, 0) is 17.6 Å². The van der Waals surface area contributed by atoms with Crippen LogP contribution in [0.5, 0.6) is 5.75 Å². The van der Waals surface area contributed by atoms with E-state index in [-0.39, 0.29) is 12.3 Å². The summed E-state index contributed by atoms with van der Waals surface area (Å²) in [5.74, 6) is 0.531. The third-order valence-corrected chi connectivity index (χ3v) is 6.05. The highest BCUT2D eigenvalue weighted by Crippen LogP contribution is 2.25. The molecule has 164 valence electrons. The highest BCUT2D eigenvalue weighted by Gasteiger charge is 2.17. The maximum absolute atomic E-state index is 12.6. The summed E-state index contributed by atoms with van der Waals surface area (Å²) in [5.41, 5.74) is 5.91. The number of nitrogens with zero attached hydrogens (tertiary/aromatic N) is 3. The molecule has 0 radical (unpaired) electrons. The molecule has 2 aromatic heterocycles. The van der Waals surface area contributed by atoms with E-state index in [2.05, 4.69) is 41.5 Å². The van der Waals surface area contributed by atoms with Gasteiger partial charge in [0.2, 0.25) is 11.0 Å². The first-order chi connectivity index (χ1) is 15.5. The van der Waals surface area contributed by atoms with Gasteiger partial charge in [0.15, 0.2) is 0 Å². The lowest BCUT2D eigenvalue weighted by molar-refractivity contribution is -0.115. The molecule has 0 saturated heterocycles. The van der Waals surface area contributed by atoms with E-state index in [0.717, 1.165) is 22.9 Å². The topological polar surface area (TPSA) is 69.0 Å². The number of aryl methyl sites for hydroxylation is 1. The summed E-state index contributed by atoms with van der Waals surface area (Å²) in [6.45, 7) is 6.55. The SMILES string of the molecule is CCOc1ccccc1NC(=O)Cc1csc(-n2nc(C)c(Cc3ccccc3)c2C)n1. The van der Waals surface area contributed by atoms with Gasteiger partial charge in [0, 0.05) is 23.1 Å². The zero-order valence-corrected chi connectivity index (χ0v) is 19.3. The fraction of sp³-hybridized carbons (Fsp3) is 0.240. The van der Waals surface area contributed by atoms with Crippen molar-refractivity contribution < 1.29 is 9.53 Å². The highest BCUT2D eigenvalue weighted by atomic mass is 32.1. The second kappa shape index (κ2) is 9.78. The van der Waals surface area contributed by atoms with Gasteiger partial charge >= 0.3 is 0 Å². The molecule has 0 aliphatic heterocycles. The Morgan fingerprint density at radius 3 is 2.62 bits per heavy atom. The van der Waals surface area contributed by atoms with Gasteiger partial charge in [-0.2, -0.15) is 5.10 Å².